The SMILES string of the molecule is COC(=O)C[C@@H]1CSc2sc(=S)sc2S1. The lowest BCUT2D eigenvalue weighted by molar-refractivity contribution is -0.140. The van der Waals surface area contributed by atoms with E-state index >= 15 is 0 Å². The summed E-state index contributed by atoms with van der Waals surface area (Å²) in [7, 11) is 1.43. The third-order valence-corrected chi connectivity index (χ3v) is 7.92. The van der Waals surface area contributed by atoms with Crippen LogP contribution in [0.1, 0.15) is 6.42 Å². The van der Waals surface area contributed by atoms with Crippen molar-refractivity contribution in [2.24, 2.45) is 0 Å². The minimum absolute atomic E-state index is 0.129. The Labute approximate surface area is 109 Å². The van der Waals surface area contributed by atoms with Gasteiger partial charge in [-0.1, -0.05) is 12.2 Å². The van der Waals surface area contributed by atoms with Crippen molar-refractivity contribution < 1.29 is 9.53 Å². The molecule has 15 heavy (non-hydrogen) atoms. The fourth-order valence-electron chi connectivity index (χ4n) is 1.14. The summed E-state index contributed by atoms with van der Waals surface area (Å²) >= 11 is 12.0. The van der Waals surface area contributed by atoms with Crippen LogP contribution in [0.4, 0.5) is 0 Å². The first-order chi connectivity index (χ1) is 7.19. The molecule has 0 spiro atoms. The molecule has 0 fully saturated rings. The zero-order chi connectivity index (χ0) is 10.8. The lowest BCUT2D eigenvalue weighted by Crippen LogP contribution is -2.15. The summed E-state index contributed by atoms with van der Waals surface area (Å²) in [6, 6.07) is 0. The molecular weight excluding hydrogens is 288 g/mol. The van der Waals surface area contributed by atoms with Crippen molar-refractivity contribution in [2.75, 3.05) is 12.9 Å². The molecule has 0 saturated carbocycles. The number of ether oxygens (including phenoxy) is 1. The molecule has 0 radical (unpaired) electrons. The Bertz CT molecular complexity index is 421. The van der Waals surface area contributed by atoms with E-state index in [1.54, 1.807) is 46.2 Å². The van der Waals surface area contributed by atoms with Gasteiger partial charge in [0.2, 0.25) is 0 Å². The van der Waals surface area contributed by atoms with Crippen LogP contribution in [0.15, 0.2) is 8.42 Å². The lowest BCUT2D eigenvalue weighted by atomic mass is 10.3. The second-order valence-electron chi connectivity index (χ2n) is 2.86. The van der Waals surface area contributed by atoms with Gasteiger partial charge in [-0.05, 0) is 0 Å². The van der Waals surface area contributed by atoms with Gasteiger partial charge in [0.15, 0.2) is 0 Å². The largest absolute Gasteiger partial charge is 0.469 e. The number of rotatable bonds is 2. The van der Waals surface area contributed by atoms with E-state index < -0.39 is 0 Å². The summed E-state index contributed by atoms with van der Waals surface area (Å²) in [6.45, 7) is 0. The molecular formula is C8H8O2S5. The molecule has 1 aliphatic heterocycles. The fourth-order valence-corrected chi connectivity index (χ4v) is 7.76. The van der Waals surface area contributed by atoms with E-state index in [4.69, 9.17) is 12.2 Å². The quantitative estimate of drug-likeness (QED) is 0.613. The van der Waals surface area contributed by atoms with Gasteiger partial charge in [-0.15, -0.1) is 46.2 Å². The molecule has 0 aliphatic carbocycles. The lowest BCUT2D eigenvalue weighted by Gasteiger charge is -2.18. The zero-order valence-electron chi connectivity index (χ0n) is 7.85. The molecule has 2 rings (SSSR count). The van der Waals surface area contributed by atoms with Gasteiger partial charge >= 0.3 is 5.97 Å². The monoisotopic (exact) mass is 296 g/mol. The van der Waals surface area contributed by atoms with Crippen molar-refractivity contribution in [3.8, 4) is 0 Å². The maximum Gasteiger partial charge on any atom is 0.306 e. The van der Waals surface area contributed by atoms with Crippen molar-refractivity contribution in [2.45, 2.75) is 20.1 Å². The average Bonchev–Trinajstić information content (AvgIpc) is 2.57. The Kier molecular flexibility index (Phi) is 4.11. The Balaban J connectivity index is 2.05. The minimum Gasteiger partial charge on any atom is -0.469 e. The minimum atomic E-state index is -0.129. The molecule has 1 aliphatic rings. The number of hydrogen-bond donors (Lipinski definition) is 0. The fraction of sp³-hybridized carbons (Fsp3) is 0.500. The molecule has 0 aromatic carbocycles. The van der Waals surface area contributed by atoms with Crippen molar-refractivity contribution >= 4 is 64.4 Å². The van der Waals surface area contributed by atoms with Crippen LogP contribution in [0.5, 0.6) is 0 Å². The number of methoxy groups -OCH3 is 1. The summed E-state index contributed by atoms with van der Waals surface area (Å²) in [4.78, 5) is 11.1. The van der Waals surface area contributed by atoms with E-state index in [1.807, 2.05) is 0 Å². The van der Waals surface area contributed by atoms with Gasteiger partial charge in [0, 0.05) is 11.0 Å². The van der Waals surface area contributed by atoms with E-state index in [-0.39, 0.29) is 5.97 Å². The predicted molar refractivity (Wildman–Crippen MR) is 70.0 cm³/mol. The Morgan fingerprint density at radius 1 is 1.53 bits per heavy atom. The average molecular weight is 296 g/mol. The number of hydrogen-bond acceptors (Lipinski definition) is 7. The molecule has 82 valence electrons. The maximum atomic E-state index is 11.1. The summed E-state index contributed by atoms with van der Waals surface area (Å²) in [5, 5.41) is 0.329. The van der Waals surface area contributed by atoms with Crippen molar-refractivity contribution in [1.82, 2.24) is 0 Å². The van der Waals surface area contributed by atoms with Gasteiger partial charge in [-0.25, -0.2) is 0 Å². The first-order valence-electron chi connectivity index (χ1n) is 4.19. The van der Waals surface area contributed by atoms with Crippen LogP contribution in [0.3, 0.4) is 0 Å². The molecule has 7 heteroatoms. The molecule has 0 saturated heterocycles. The van der Waals surface area contributed by atoms with E-state index in [0.717, 1.165) is 8.89 Å². The van der Waals surface area contributed by atoms with E-state index in [0.29, 0.717) is 11.7 Å². The maximum absolute atomic E-state index is 11.1. The Hall–Kier alpha value is 0.440. The van der Waals surface area contributed by atoms with Crippen LogP contribution in [-0.2, 0) is 9.53 Å². The van der Waals surface area contributed by atoms with E-state index in [2.05, 4.69) is 4.74 Å². The number of carbonyl (C=O) groups excluding carboxylic acids is 1. The summed E-state index contributed by atoms with van der Waals surface area (Å²) in [5.74, 6) is 0.838. The molecule has 1 aromatic rings. The molecule has 0 N–H and O–H groups in total. The Morgan fingerprint density at radius 2 is 2.27 bits per heavy atom. The summed E-state index contributed by atoms with van der Waals surface area (Å²) < 4.78 is 8.23. The molecule has 2 nitrogen and oxygen atoms in total. The molecule has 2 heterocycles. The molecule has 1 aromatic heterocycles. The predicted octanol–water partition coefficient (Wildman–Crippen LogP) is 3.67. The first-order valence-corrected chi connectivity index (χ1v) is 8.10. The highest BCUT2D eigenvalue weighted by molar-refractivity contribution is 8.08. The van der Waals surface area contributed by atoms with E-state index in [1.165, 1.54) is 15.5 Å². The summed E-state index contributed by atoms with van der Waals surface area (Å²) in [6.07, 6.45) is 0.489. The number of fused-ring (bicyclic) bond motifs is 1. The third kappa shape index (κ3) is 2.97. The first kappa shape index (κ1) is 11.9. The zero-order valence-corrected chi connectivity index (χ0v) is 11.9. The standard InChI is InChI=1S/C8H8O2S5/c1-10-5(9)2-4-3-12-6-7(13-4)15-8(11)14-6/h4H,2-3H2,1H3/t4-/m1/s1. The molecule has 1 atom stereocenters. The van der Waals surface area contributed by atoms with Crippen molar-refractivity contribution in [1.29, 1.82) is 0 Å². The van der Waals surface area contributed by atoms with Gasteiger partial charge in [0.05, 0.1) is 21.9 Å². The second kappa shape index (κ2) is 5.18. The van der Waals surface area contributed by atoms with Gasteiger partial charge in [-0.3, -0.25) is 4.79 Å². The molecule has 0 bridgehead atoms. The highest BCUT2D eigenvalue weighted by Gasteiger charge is 2.24. The Morgan fingerprint density at radius 3 is 3.00 bits per heavy atom. The number of carbonyl (C=O) groups is 1. The summed E-state index contributed by atoms with van der Waals surface area (Å²) in [5.41, 5.74) is 0. The van der Waals surface area contributed by atoms with Crippen LogP contribution in [0.2, 0.25) is 0 Å². The van der Waals surface area contributed by atoms with E-state index in [9.17, 15) is 4.79 Å². The van der Waals surface area contributed by atoms with Crippen molar-refractivity contribution in [3.63, 3.8) is 0 Å². The van der Waals surface area contributed by atoms with Crippen molar-refractivity contribution in [3.05, 3.63) is 3.14 Å². The van der Waals surface area contributed by atoms with Crippen LogP contribution >= 0.6 is 58.4 Å². The van der Waals surface area contributed by atoms with Gasteiger partial charge < -0.3 is 4.74 Å². The topological polar surface area (TPSA) is 26.3 Å². The van der Waals surface area contributed by atoms with Gasteiger partial charge in [0.25, 0.3) is 0 Å². The second-order valence-corrected chi connectivity index (χ2v) is 8.94. The molecule has 0 amide bonds. The van der Waals surface area contributed by atoms with Gasteiger partial charge in [-0.2, -0.15) is 0 Å². The number of thioether (sulfide) groups is 2. The van der Waals surface area contributed by atoms with Crippen LogP contribution in [0, 0.1) is 3.14 Å². The normalized spacial score (nSPS) is 19.7. The van der Waals surface area contributed by atoms with Crippen LogP contribution < -0.4 is 0 Å². The third-order valence-electron chi connectivity index (χ3n) is 1.81. The van der Waals surface area contributed by atoms with Crippen LogP contribution in [-0.4, -0.2) is 24.1 Å². The highest BCUT2D eigenvalue weighted by atomic mass is 32.2. The van der Waals surface area contributed by atoms with Gasteiger partial charge in [0.1, 0.15) is 3.14 Å². The highest BCUT2D eigenvalue weighted by Crippen LogP contribution is 2.48. The smallest absolute Gasteiger partial charge is 0.306 e. The molecule has 0 unspecified atom stereocenters. The number of esters is 1. The van der Waals surface area contributed by atoms with Crippen LogP contribution in [0.25, 0.3) is 0 Å².